The van der Waals surface area contributed by atoms with Crippen LogP contribution in [0.4, 0.5) is 17.3 Å². The van der Waals surface area contributed by atoms with Gasteiger partial charge in [0.25, 0.3) is 5.91 Å². The fourth-order valence-electron chi connectivity index (χ4n) is 4.47. The summed E-state index contributed by atoms with van der Waals surface area (Å²) in [7, 11) is 0. The second-order valence-electron chi connectivity index (χ2n) is 8.73. The van der Waals surface area contributed by atoms with Gasteiger partial charge < -0.3 is 21.3 Å². The van der Waals surface area contributed by atoms with Gasteiger partial charge in [-0.15, -0.1) is 24.8 Å². The highest BCUT2D eigenvalue weighted by molar-refractivity contribution is 5.99. The lowest BCUT2D eigenvalue weighted by atomic mass is 9.80. The van der Waals surface area contributed by atoms with Crippen LogP contribution in [0.25, 0.3) is 11.2 Å². The van der Waals surface area contributed by atoms with Gasteiger partial charge in [-0.05, 0) is 49.8 Å². The number of hydrogen-bond donors (Lipinski definition) is 3. The predicted octanol–water partition coefficient (Wildman–Crippen LogP) is 2.34. The molecular weight excluding hydrogens is 465 g/mol. The number of amides is 1. The van der Waals surface area contributed by atoms with Crippen molar-refractivity contribution in [3.8, 4) is 0 Å². The van der Waals surface area contributed by atoms with Crippen molar-refractivity contribution < 1.29 is 4.79 Å². The summed E-state index contributed by atoms with van der Waals surface area (Å²) in [5.74, 6) is 0.555. The third-order valence-electron chi connectivity index (χ3n) is 6.56. The number of nitrogens with two attached hydrogens (primary N) is 2. The Bertz CT molecular complexity index is 1140. The molecule has 2 aliphatic rings. The van der Waals surface area contributed by atoms with Gasteiger partial charge in [0, 0.05) is 25.8 Å². The number of nitrogens with one attached hydrogen (secondary N) is 1. The Hall–Kier alpha value is -2.69. The Kier molecular flexibility index (Phi) is 7.30. The second kappa shape index (κ2) is 9.66. The lowest BCUT2D eigenvalue weighted by Gasteiger charge is -2.39. The van der Waals surface area contributed by atoms with Crippen LogP contribution in [0.1, 0.15) is 42.4 Å². The Morgan fingerprint density at radius 1 is 1.18 bits per heavy atom. The van der Waals surface area contributed by atoms with Crippen LogP contribution in [0.15, 0.2) is 18.3 Å². The highest BCUT2D eigenvalue weighted by Gasteiger charge is 2.32. The summed E-state index contributed by atoms with van der Waals surface area (Å²) in [6, 6.07) is 3.94. The van der Waals surface area contributed by atoms with Crippen molar-refractivity contribution in [1.29, 1.82) is 0 Å². The maximum atomic E-state index is 12.3. The molecule has 1 amide bonds. The zero-order chi connectivity index (χ0) is 21.6. The van der Waals surface area contributed by atoms with Crippen LogP contribution in [-0.2, 0) is 6.42 Å². The molecule has 3 aromatic heterocycles. The van der Waals surface area contributed by atoms with Crippen molar-refractivity contribution >= 4 is 59.2 Å². The molecule has 5 rings (SSSR count). The van der Waals surface area contributed by atoms with Gasteiger partial charge in [-0.3, -0.25) is 14.9 Å². The van der Waals surface area contributed by atoms with Gasteiger partial charge in [0.15, 0.2) is 28.5 Å². The minimum atomic E-state index is -0.593. The molecule has 1 fully saturated rings. The second-order valence-corrected chi connectivity index (χ2v) is 8.73. The molecule has 0 unspecified atom stereocenters. The van der Waals surface area contributed by atoms with E-state index < -0.39 is 5.91 Å². The molecule has 10 nitrogen and oxygen atoms in total. The number of aromatic amines is 1. The third-order valence-corrected chi connectivity index (χ3v) is 6.56. The van der Waals surface area contributed by atoms with E-state index in [-0.39, 0.29) is 35.9 Å². The van der Waals surface area contributed by atoms with Crippen LogP contribution in [0.3, 0.4) is 0 Å². The average molecular weight is 494 g/mol. The summed E-state index contributed by atoms with van der Waals surface area (Å²) in [5.41, 5.74) is 15.1. The van der Waals surface area contributed by atoms with Crippen molar-refractivity contribution in [3.63, 3.8) is 0 Å². The fraction of sp³-hybridized carbons (Fsp3) is 0.476. The first-order valence-corrected chi connectivity index (χ1v) is 10.7. The van der Waals surface area contributed by atoms with Crippen LogP contribution < -0.4 is 21.3 Å². The SMILES string of the molecule is CC1(CN)CCN(c2nc3[nH]nc(N4CCCc5ncccc54)c3nc2C(N)=O)CC1.Cl.Cl. The number of carbonyl (C=O) groups is 1. The summed E-state index contributed by atoms with van der Waals surface area (Å²) in [6.07, 6.45) is 5.53. The number of rotatable bonds is 4. The lowest BCUT2D eigenvalue weighted by Crippen LogP contribution is -2.43. The number of primary amides is 1. The Morgan fingerprint density at radius 3 is 2.64 bits per heavy atom. The molecule has 0 atom stereocenters. The standard InChI is InChI=1S/C21H27N9O.2ClH/c1-21(12-22)6-10-29(11-7-21)19-15(17(23)31)25-16-18(26-19)27-28-20(16)30-9-3-4-13-14(30)5-2-8-24-13;;/h2,5,8H,3-4,6-7,9-12,22H2,1H3,(H2,23,31)(H,26,27,28);2*1H. The topological polar surface area (TPSA) is 143 Å². The number of H-pyrrole nitrogens is 1. The normalized spacial score (nSPS) is 17.2. The summed E-state index contributed by atoms with van der Waals surface area (Å²) in [5, 5.41) is 7.51. The Balaban J connectivity index is 0.00000153. The number of pyridine rings is 1. The predicted molar refractivity (Wildman–Crippen MR) is 133 cm³/mol. The van der Waals surface area contributed by atoms with Crippen LogP contribution in [0, 0.1) is 5.41 Å². The Morgan fingerprint density at radius 2 is 1.94 bits per heavy atom. The number of carbonyl (C=O) groups excluding carboxylic acids is 1. The van der Waals surface area contributed by atoms with Crippen molar-refractivity contribution in [2.45, 2.75) is 32.6 Å². The molecule has 0 spiro atoms. The zero-order valence-corrected chi connectivity index (χ0v) is 20.1. The molecule has 33 heavy (non-hydrogen) atoms. The van der Waals surface area contributed by atoms with Crippen molar-refractivity contribution in [2.24, 2.45) is 16.9 Å². The average Bonchev–Trinajstić information content (AvgIpc) is 3.21. The molecule has 0 saturated carbocycles. The summed E-state index contributed by atoms with van der Waals surface area (Å²) < 4.78 is 0. The van der Waals surface area contributed by atoms with Crippen LogP contribution in [-0.4, -0.2) is 57.2 Å². The molecule has 0 aromatic carbocycles. The van der Waals surface area contributed by atoms with Gasteiger partial charge in [-0.2, -0.15) is 5.10 Å². The van der Waals surface area contributed by atoms with E-state index in [1.807, 2.05) is 12.1 Å². The quantitative estimate of drug-likeness (QED) is 0.502. The van der Waals surface area contributed by atoms with Gasteiger partial charge in [0.1, 0.15) is 0 Å². The molecule has 5 heterocycles. The van der Waals surface area contributed by atoms with Gasteiger partial charge in [0.05, 0.1) is 11.4 Å². The first-order chi connectivity index (χ1) is 15.0. The molecule has 3 aromatic rings. The first kappa shape index (κ1) is 24.9. The van der Waals surface area contributed by atoms with Gasteiger partial charge in [-0.1, -0.05) is 6.92 Å². The number of fused-ring (bicyclic) bond motifs is 2. The lowest BCUT2D eigenvalue weighted by molar-refractivity contribution is 0.0996. The summed E-state index contributed by atoms with van der Waals surface area (Å²) in [6.45, 7) is 5.13. The maximum absolute atomic E-state index is 12.3. The fourth-order valence-corrected chi connectivity index (χ4v) is 4.47. The minimum absolute atomic E-state index is 0. The van der Waals surface area contributed by atoms with E-state index in [2.05, 4.69) is 36.9 Å². The van der Waals surface area contributed by atoms with E-state index in [4.69, 9.17) is 16.5 Å². The number of anilines is 3. The molecular formula is C21H29Cl2N9O. The van der Waals surface area contributed by atoms with Crippen molar-refractivity contribution in [1.82, 2.24) is 25.1 Å². The molecule has 12 heteroatoms. The van der Waals surface area contributed by atoms with E-state index in [0.717, 1.165) is 56.7 Å². The molecule has 1 saturated heterocycles. The number of hydrogen-bond acceptors (Lipinski definition) is 8. The minimum Gasteiger partial charge on any atom is -0.364 e. The highest BCUT2D eigenvalue weighted by Crippen LogP contribution is 2.36. The number of piperidine rings is 1. The van der Waals surface area contributed by atoms with Crippen LogP contribution in [0.5, 0.6) is 0 Å². The molecule has 2 aliphatic heterocycles. The highest BCUT2D eigenvalue weighted by atomic mass is 35.5. The van der Waals surface area contributed by atoms with Gasteiger partial charge in [0.2, 0.25) is 0 Å². The van der Waals surface area contributed by atoms with Crippen molar-refractivity contribution in [2.75, 3.05) is 36.0 Å². The summed E-state index contributed by atoms with van der Waals surface area (Å²) in [4.78, 5) is 30.4. The zero-order valence-electron chi connectivity index (χ0n) is 18.5. The van der Waals surface area contributed by atoms with E-state index in [9.17, 15) is 4.79 Å². The molecule has 0 bridgehead atoms. The maximum Gasteiger partial charge on any atom is 0.271 e. The first-order valence-electron chi connectivity index (χ1n) is 10.7. The largest absolute Gasteiger partial charge is 0.364 e. The van der Waals surface area contributed by atoms with E-state index in [1.165, 1.54) is 0 Å². The molecule has 0 radical (unpaired) electrons. The third kappa shape index (κ3) is 4.42. The van der Waals surface area contributed by atoms with E-state index >= 15 is 0 Å². The molecule has 0 aliphatic carbocycles. The molecule has 178 valence electrons. The number of aromatic nitrogens is 5. The van der Waals surface area contributed by atoms with Gasteiger partial charge in [-0.25, -0.2) is 9.97 Å². The monoisotopic (exact) mass is 493 g/mol. The number of aryl methyl sites for hydroxylation is 1. The number of halogens is 2. The smallest absolute Gasteiger partial charge is 0.271 e. The molecule has 5 N–H and O–H groups in total. The number of nitrogens with zero attached hydrogens (tertiary/aromatic N) is 6. The van der Waals surface area contributed by atoms with Crippen molar-refractivity contribution in [3.05, 3.63) is 29.7 Å². The van der Waals surface area contributed by atoms with E-state index in [0.29, 0.717) is 29.3 Å². The van der Waals surface area contributed by atoms with E-state index in [1.54, 1.807) is 6.20 Å². The summed E-state index contributed by atoms with van der Waals surface area (Å²) >= 11 is 0. The van der Waals surface area contributed by atoms with Gasteiger partial charge >= 0.3 is 0 Å². The van der Waals surface area contributed by atoms with Crippen LogP contribution in [0.2, 0.25) is 0 Å². The van der Waals surface area contributed by atoms with Crippen LogP contribution >= 0.6 is 24.8 Å². The Labute approximate surface area is 204 Å².